The number of aliphatic hydroxyl groups is 1. The van der Waals surface area contributed by atoms with Gasteiger partial charge < -0.3 is 5.11 Å². The van der Waals surface area contributed by atoms with Gasteiger partial charge in [0.15, 0.2) is 0 Å². The Balaban J connectivity index is 1.94. The minimum atomic E-state index is -1.39. The van der Waals surface area contributed by atoms with Crippen molar-refractivity contribution in [2.24, 2.45) is 0 Å². The largest absolute Gasteiger partial charge is 0.392 e. The van der Waals surface area contributed by atoms with Crippen LogP contribution in [0.25, 0.3) is 0 Å². The van der Waals surface area contributed by atoms with Gasteiger partial charge in [-0.2, -0.15) is 0 Å². The average Bonchev–Trinajstić information content (AvgIpc) is 3.26. The number of hydrogen-bond acceptors (Lipinski definition) is 2. The van der Waals surface area contributed by atoms with Crippen molar-refractivity contribution in [1.82, 2.24) is 4.90 Å². The molecule has 2 nitrogen and oxygen atoms in total. The van der Waals surface area contributed by atoms with E-state index in [1.807, 2.05) is 0 Å². The van der Waals surface area contributed by atoms with Crippen LogP contribution in [0, 0.1) is 0 Å². The van der Waals surface area contributed by atoms with Crippen molar-refractivity contribution in [3.8, 4) is 0 Å². The van der Waals surface area contributed by atoms with Crippen molar-refractivity contribution >= 4 is 8.07 Å². The van der Waals surface area contributed by atoms with Crippen molar-refractivity contribution < 1.29 is 5.11 Å². The molecule has 0 unspecified atom stereocenters. The summed E-state index contributed by atoms with van der Waals surface area (Å²) in [5.74, 6) is 0. The van der Waals surface area contributed by atoms with Gasteiger partial charge in [0.1, 0.15) is 0 Å². The minimum Gasteiger partial charge on any atom is -0.392 e. The highest BCUT2D eigenvalue weighted by molar-refractivity contribution is 6.76. The molecule has 1 N–H and O–H groups in total. The van der Waals surface area contributed by atoms with Crippen LogP contribution < -0.4 is 0 Å². The van der Waals surface area contributed by atoms with E-state index in [9.17, 15) is 5.11 Å². The van der Waals surface area contributed by atoms with Gasteiger partial charge in [-0.15, -0.1) is 0 Å². The molecule has 1 heterocycles. The quantitative estimate of drug-likeness (QED) is 0.360. The Hall–Kier alpha value is -2.20. The molecule has 1 aliphatic rings. The van der Waals surface area contributed by atoms with Crippen molar-refractivity contribution in [2.45, 2.75) is 56.2 Å². The van der Waals surface area contributed by atoms with Crippen LogP contribution in [0.5, 0.6) is 0 Å². The van der Waals surface area contributed by atoms with E-state index in [1.54, 1.807) is 0 Å². The first-order valence-electron chi connectivity index (χ1n) is 11.5. The topological polar surface area (TPSA) is 23.5 Å². The van der Waals surface area contributed by atoms with Crippen LogP contribution in [0.2, 0.25) is 25.7 Å². The number of benzene rings is 3. The highest BCUT2D eigenvalue weighted by Gasteiger charge is 2.48. The Morgan fingerprint density at radius 3 is 1.61 bits per heavy atom. The summed E-state index contributed by atoms with van der Waals surface area (Å²) >= 11 is 0. The molecule has 3 heteroatoms. The van der Waals surface area contributed by atoms with Gasteiger partial charge in [0.2, 0.25) is 0 Å². The third kappa shape index (κ3) is 4.41. The monoisotopic (exact) mass is 429 g/mol. The molecule has 4 rings (SSSR count). The fourth-order valence-corrected chi connectivity index (χ4v) is 6.93. The van der Waals surface area contributed by atoms with Crippen molar-refractivity contribution in [1.29, 1.82) is 0 Å². The number of likely N-dealkylation sites (tertiary alicyclic amines) is 1. The number of nitrogens with zero attached hydrogens (tertiary/aromatic N) is 1. The second-order valence-corrected chi connectivity index (χ2v) is 15.6. The number of rotatable bonds is 7. The molecular weight excluding hydrogens is 394 g/mol. The maximum absolute atomic E-state index is 11.5. The SMILES string of the molecule is C[Si](C)(C)C[C@@H](O)[C@H]1CCCN1C(c1ccccc1)(c1ccccc1)c1ccccc1. The highest BCUT2D eigenvalue weighted by Crippen LogP contribution is 2.46. The van der Waals surface area contributed by atoms with Gasteiger partial charge in [-0.25, -0.2) is 0 Å². The standard InChI is InChI=1S/C28H35NOSi/c1-31(2,3)22-27(30)26-20-13-21-29(26)28(23-14-7-4-8-15-23,24-16-9-5-10-17-24)25-18-11-6-12-19-25/h4-12,14-19,26-27,30H,13,20-22H2,1-3H3/t26-,27-/m1/s1. The van der Waals surface area contributed by atoms with Crippen molar-refractivity contribution in [3.63, 3.8) is 0 Å². The van der Waals surface area contributed by atoms with E-state index in [0.717, 1.165) is 25.4 Å². The number of hydrogen-bond donors (Lipinski definition) is 1. The molecule has 1 fully saturated rings. The summed E-state index contributed by atoms with van der Waals surface area (Å²) in [7, 11) is -1.39. The van der Waals surface area contributed by atoms with Gasteiger partial charge in [0.25, 0.3) is 0 Å². The Kier molecular flexibility index (Phi) is 6.47. The van der Waals surface area contributed by atoms with Gasteiger partial charge in [-0.05, 0) is 35.6 Å². The Bertz CT molecular complexity index is 856. The summed E-state index contributed by atoms with van der Waals surface area (Å²) in [6.45, 7) is 8.04. The maximum Gasteiger partial charge on any atom is 0.0976 e. The van der Waals surface area contributed by atoms with E-state index >= 15 is 0 Å². The maximum atomic E-state index is 11.5. The molecular formula is C28H35NOSi. The Morgan fingerprint density at radius 2 is 1.23 bits per heavy atom. The summed E-state index contributed by atoms with van der Waals surface area (Å²) in [5.41, 5.74) is 3.37. The van der Waals surface area contributed by atoms with Crippen LogP contribution in [0.4, 0.5) is 0 Å². The number of aliphatic hydroxyl groups excluding tert-OH is 1. The molecule has 0 aromatic heterocycles. The molecule has 162 valence electrons. The zero-order chi connectivity index (χ0) is 21.9. The minimum absolute atomic E-state index is 0.146. The van der Waals surface area contributed by atoms with Gasteiger partial charge in [-0.3, -0.25) is 4.90 Å². The third-order valence-electron chi connectivity index (χ3n) is 6.57. The lowest BCUT2D eigenvalue weighted by Gasteiger charge is -2.48. The Labute approximate surface area is 188 Å². The molecule has 0 amide bonds. The van der Waals surface area contributed by atoms with Crippen LogP contribution in [0.3, 0.4) is 0 Å². The summed E-state index contributed by atoms with van der Waals surface area (Å²) < 4.78 is 0. The average molecular weight is 430 g/mol. The first kappa shape index (κ1) is 22.0. The van der Waals surface area contributed by atoms with Gasteiger partial charge >= 0.3 is 0 Å². The van der Waals surface area contributed by atoms with Gasteiger partial charge in [0, 0.05) is 20.7 Å². The third-order valence-corrected chi connectivity index (χ3v) is 8.21. The highest BCUT2D eigenvalue weighted by atomic mass is 28.3. The molecule has 0 radical (unpaired) electrons. The molecule has 31 heavy (non-hydrogen) atoms. The summed E-state index contributed by atoms with van der Waals surface area (Å²) in [4.78, 5) is 2.61. The molecule has 3 aromatic rings. The van der Waals surface area contributed by atoms with Crippen LogP contribution in [0.1, 0.15) is 29.5 Å². The van der Waals surface area contributed by atoms with Crippen LogP contribution >= 0.6 is 0 Å². The smallest absolute Gasteiger partial charge is 0.0976 e. The molecule has 0 aliphatic carbocycles. The van der Waals surface area contributed by atoms with Crippen molar-refractivity contribution in [3.05, 3.63) is 108 Å². The predicted octanol–water partition coefficient (Wildman–Crippen LogP) is 6.14. The Morgan fingerprint density at radius 1 is 0.806 bits per heavy atom. The lowest BCUT2D eigenvalue weighted by atomic mass is 9.75. The summed E-state index contributed by atoms with van der Waals surface area (Å²) in [6, 6.07) is 33.7. The fraction of sp³-hybridized carbons (Fsp3) is 0.357. The lowest BCUT2D eigenvalue weighted by molar-refractivity contribution is 0.0429. The normalized spacial score (nSPS) is 18.8. The zero-order valence-corrected chi connectivity index (χ0v) is 20.0. The van der Waals surface area contributed by atoms with E-state index in [0.29, 0.717) is 0 Å². The molecule has 3 aromatic carbocycles. The van der Waals surface area contributed by atoms with E-state index in [-0.39, 0.29) is 12.1 Å². The molecule has 0 bridgehead atoms. The summed E-state index contributed by atoms with van der Waals surface area (Å²) in [5, 5.41) is 11.5. The molecule has 1 saturated heterocycles. The zero-order valence-electron chi connectivity index (χ0n) is 19.0. The van der Waals surface area contributed by atoms with Gasteiger partial charge in [-0.1, -0.05) is 111 Å². The van der Waals surface area contributed by atoms with E-state index < -0.39 is 13.6 Å². The molecule has 0 spiro atoms. The van der Waals surface area contributed by atoms with E-state index in [4.69, 9.17) is 0 Å². The lowest BCUT2D eigenvalue weighted by Crippen LogP contribution is -2.54. The van der Waals surface area contributed by atoms with Crippen LogP contribution in [-0.2, 0) is 5.54 Å². The van der Waals surface area contributed by atoms with Crippen LogP contribution in [-0.4, -0.2) is 36.8 Å². The molecule has 0 saturated carbocycles. The fourth-order valence-electron chi connectivity index (χ4n) is 5.41. The molecule has 1 aliphatic heterocycles. The van der Waals surface area contributed by atoms with Crippen molar-refractivity contribution in [2.75, 3.05) is 6.54 Å². The second kappa shape index (κ2) is 9.11. The van der Waals surface area contributed by atoms with Gasteiger partial charge in [0.05, 0.1) is 11.6 Å². The second-order valence-electron chi connectivity index (χ2n) is 10.0. The summed E-state index contributed by atoms with van der Waals surface area (Å²) in [6.07, 6.45) is 1.85. The van der Waals surface area contributed by atoms with E-state index in [1.165, 1.54) is 16.7 Å². The predicted molar refractivity (Wildman–Crippen MR) is 133 cm³/mol. The van der Waals surface area contributed by atoms with Crippen LogP contribution in [0.15, 0.2) is 91.0 Å². The first-order chi connectivity index (χ1) is 14.9. The first-order valence-corrected chi connectivity index (χ1v) is 15.2. The molecule has 2 atom stereocenters. The van der Waals surface area contributed by atoms with E-state index in [2.05, 4.69) is 116 Å².